The molecule has 0 saturated heterocycles. The first kappa shape index (κ1) is 13.2. The Morgan fingerprint density at radius 3 is 2.75 bits per heavy atom. The van der Waals surface area contributed by atoms with Crippen molar-refractivity contribution in [1.29, 1.82) is 0 Å². The summed E-state index contributed by atoms with van der Waals surface area (Å²) in [5, 5.41) is 0.337. The molecule has 0 atom stereocenters. The third-order valence-corrected chi connectivity index (χ3v) is 2.85. The second-order valence-corrected chi connectivity index (χ2v) is 4.28. The lowest BCUT2D eigenvalue weighted by atomic mass is 10.0. The van der Waals surface area contributed by atoms with Gasteiger partial charge in [0.1, 0.15) is 11.6 Å². The van der Waals surface area contributed by atoms with Crippen LogP contribution < -0.4 is 0 Å². The van der Waals surface area contributed by atoms with Gasteiger partial charge in [0, 0.05) is 23.4 Å². The van der Waals surface area contributed by atoms with Crippen LogP contribution in [0, 0.1) is 5.82 Å². The van der Waals surface area contributed by atoms with Crippen molar-refractivity contribution in [3.05, 3.63) is 34.6 Å². The minimum atomic E-state index is -0.392. The number of benzene rings is 1. The number of Topliss-reactive ketones (excluding diaryl/α,β-unsaturated/α-hetero) is 1. The first-order valence-electron chi connectivity index (χ1n) is 5.59. The van der Waals surface area contributed by atoms with Crippen LogP contribution in [-0.4, -0.2) is 5.78 Å². The van der Waals surface area contributed by atoms with Gasteiger partial charge >= 0.3 is 0 Å². The fourth-order valence-corrected chi connectivity index (χ4v) is 1.79. The molecule has 0 bridgehead atoms. The molecule has 1 aromatic carbocycles. The van der Waals surface area contributed by atoms with Gasteiger partial charge in [0.25, 0.3) is 0 Å². The number of halogens is 2. The molecule has 0 amide bonds. The molecule has 0 spiro atoms. The maximum atomic E-state index is 13.4. The van der Waals surface area contributed by atoms with Gasteiger partial charge in [-0.1, -0.05) is 37.4 Å². The van der Waals surface area contributed by atoms with Crippen LogP contribution in [0.15, 0.2) is 18.2 Å². The van der Waals surface area contributed by atoms with Crippen LogP contribution >= 0.6 is 11.6 Å². The van der Waals surface area contributed by atoms with Gasteiger partial charge in [0.05, 0.1) is 0 Å². The van der Waals surface area contributed by atoms with E-state index in [0.717, 1.165) is 19.3 Å². The van der Waals surface area contributed by atoms with E-state index in [0.29, 0.717) is 17.0 Å². The maximum Gasteiger partial charge on any atom is 0.137 e. The second kappa shape index (κ2) is 6.64. The minimum Gasteiger partial charge on any atom is -0.299 e. The predicted molar refractivity (Wildman–Crippen MR) is 64.3 cm³/mol. The zero-order valence-corrected chi connectivity index (χ0v) is 10.2. The van der Waals surface area contributed by atoms with Crippen LogP contribution in [-0.2, 0) is 11.2 Å². The van der Waals surface area contributed by atoms with E-state index in [1.165, 1.54) is 6.07 Å². The fourth-order valence-electron chi connectivity index (χ4n) is 1.56. The molecule has 0 saturated carbocycles. The van der Waals surface area contributed by atoms with Crippen molar-refractivity contribution < 1.29 is 9.18 Å². The highest BCUT2D eigenvalue weighted by Crippen LogP contribution is 2.20. The van der Waals surface area contributed by atoms with Gasteiger partial charge in [-0.25, -0.2) is 4.39 Å². The third-order valence-electron chi connectivity index (χ3n) is 2.49. The number of carbonyl (C=O) groups is 1. The number of unbranched alkanes of at least 4 members (excludes halogenated alkanes) is 2. The number of carbonyl (C=O) groups excluding carboxylic acids is 1. The van der Waals surface area contributed by atoms with Crippen LogP contribution in [0.1, 0.15) is 38.2 Å². The van der Waals surface area contributed by atoms with Crippen LogP contribution in [0.5, 0.6) is 0 Å². The fraction of sp³-hybridized carbons (Fsp3) is 0.462. The van der Waals surface area contributed by atoms with E-state index >= 15 is 0 Å². The normalized spacial score (nSPS) is 10.4. The predicted octanol–water partition coefficient (Wildman–Crippen LogP) is 4.17. The van der Waals surface area contributed by atoms with Crippen LogP contribution in [0.3, 0.4) is 0 Å². The average Bonchev–Trinajstić information content (AvgIpc) is 2.24. The molecule has 0 N–H and O–H groups in total. The third kappa shape index (κ3) is 3.93. The molecule has 1 nitrogen and oxygen atoms in total. The van der Waals surface area contributed by atoms with Gasteiger partial charge in [-0.15, -0.1) is 0 Å². The van der Waals surface area contributed by atoms with Crippen molar-refractivity contribution >= 4 is 17.4 Å². The van der Waals surface area contributed by atoms with Crippen LogP contribution in [0.2, 0.25) is 5.02 Å². The summed E-state index contributed by atoms with van der Waals surface area (Å²) >= 11 is 5.84. The average molecular weight is 243 g/mol. The van der Waals surface area contributed by atoms with Crippen LogP contribution in [0.25, 0.3) is 0 Å². The van der Waals surface area contributed by atoms with E-state index in [1.807, 2.05) is 0 Å². The van der Waals surface area contributed by atoms with E-state index in [1.54, 1.807) is 12.1 Å². The number of rotatable bonds is 6. The van der Waals surface area contributed by atoms with Crippen molar-refractivity contribution in [3.63, 3.8) is 0 Å². The molecule has 0 aromatic heterocycles. The minimum absolute atomic E-state index is 0.0560. The Morgan fingerprint density at radius 2 is 2.12 bits per heavy atom. The van der Waals surface area contributed by atoms with E-state index in [9.17, 15) is 9.18 Å². The topological polar surface area (TPSA) is 17.1 Å². The Labute approximate surface area is 101 Å². The van der Waals surface area contributed by atoms with Gasteiger partial charge in [-0.3, -0.25) is 4.79 Å². The summed E-state index contributed by atoms with van der Waals surface area (Å²) in [4.78, 5) is 11.6. The molecule has 1 rings (SSSR count). The lowest BCUT2D eigenvalue weighted by molar-refractivity contribution is -0.118. The SMILES string of the molecule is CCCCCC(=O)Cc1c(F)cccc1Cl. The highest BCUT2D eigenvalue weighted by Gasteiger charge is 2.11. The monoisotopic (exact) mass is 242 g/mol. The lowest BCUT2D eigenvalue weighted by Gasteiger charge is -2.04. The number of hydrogen-bond donors (Lipinski definition) is 0. The highest BCUT2D eigenvalue weighted by molar-refractivity contribution is 6.31. The summed E-state index contributed by atoms with van der Waals surface area (Å²) in [7, 11) is 0. The second-order valence-electron chi connectivity index (χ2n) is 3.87. The van der Waals surface area contributed by atoms with Crippen molar-refractivity contribution in [2.24, 2.45) is 0 Å². The highest BCUT2D eigenvalue weighted by atomic mass is 35.5. The van der Waals surface area contributed by atoms with Gasteiger partial charge in [-0.2, -0.15) is 0 Å². The van der Waals surface area contributed by atoms with E-state index < -0.39 is 5.82 Å². The molecule has 0 aliphatic carbocycles. The molecule has 0 aliphatic rings. The molecule has 0 fully saturated rings. The van der Waals surface area contributed by atoms with Crippen molar-refractivity contribution in [2.45, 2.75) is 39.0 Å². The molecule has 0 unspecified atom stereocenters. The molecular formula is C13H16ClFO. The largest absolute Gasteiger partial charge is 0.299 e. The molecule has 0 aliphatic heterocycles. The number of ketones is 1. The van der Waals surface area contributed by atoms with E-state index in [2.05, 4.69) is 6.92 Å². The molecule has 16 heavy (non-hydrogen) atoms. The zero-order chi connectivity index (χ0) is 12.0. The molecule has 88 valence electrons. The summed E-state index contributed by atoms with van der Waals surface area (Å²) in [6, 6.07) is 4.49. The summed E-state index contributed by atoms with van der Waals surface area (Å²) < 4.78 is 13.4. The smallest absolute Gasteiger partial charge is 0.137 e. The van der Waals surface area contributed by atoms with E-state index in [-0.39, 0.29) is 12.2 Å². The molecule has 3 heteroatoms. The quantitative estimate of drug-likeness (QED) is 0.685. The first-order valence-corrected chi connectivity index (χ1v) is 5.97. The Morgan fingerprint density at radius 1 is 1.38 bits per heavy atom. The Balaban J connectivity index is 2.56. The maximum absolute atomic E-state index is 13.4. The van der Waals surface area contributed by atoms with Gasteiger partial charge in [0.15, 0.2) is 0 Å². The zero-order valence-electron chi connectivity index (χ0n) is 9.43. The van der Waals surface area contributed by atoms with Gasteiger partial charge in [-0.05, 0) is 18.6 Å². The van der Waals surface area contributed by atoms with Gasteiger partial charge < -0.3 is 0 Å². The summed E-state index contributed by atoms with van der Waals surface area (Å²) in [5.41, 5.74) is 0.325. The van der Waals surface area contributed by atoms with Crippen molar-refractivity contribution in [1.82, 2.24) is 0 Å². The molecule has 1 aromatic rings. The molecular weight excluding hydrogens is 227 g/mol. The Hall–Kier alpha value is -0.890. The van der Waals surface area contributed by atoms with Crippen LogP contribution in [0.4, 0.5) is 4.39 Å². The Bertz CT molecular complexity index is 343. The molecule has 0 radical (unpaired) electrons. The summed E-state index contributed by atoms with van der Waals surface area (Å²) in [6.07, 6.45) is 3.61. The van der Waals surface area contributed by atoms with Crippen molar-refractivity contribution in [2.75, 3.05) is 0 Å². The van der Waals surface area contributed by atoms with Crippen molar-refractivity contribution in [3.8, 4) is 0 Å². The van der Waals surface area contributed by atoms with E-state index in [4.69, 9.17) is 11.6 Å². The first-order chi connectivity index (χ1) is 7.65. The summed E-state index contributed by atoms with van der Waals surface area (Å²) in [5.74, 6) is -0.336. The summed E-state index contributed by atoms with van der Waals surface area (Å²) in [6.45, 7) is 2.08. The lowest BCUT2D eigenvalue weighted by Crippen LogP contribution is -2.05. The Kier molecular flexibility index (Phi) is 5.47. The standard InChI is InChI=1S/C13H16ClFO/c1-2-3-4-6-10(16)9-11-12(14)7-5-8-13(11)15/h5,7-8H,2-4,6,9H2,1H3. The number of hydrogen-bond acceptors (Lipinski definition) is 1. The molecule has 0 heterocycles. The van der Waals surface area contributed by atoms with Gasteiger partial charge in [0.2, 0.25) is 0 Å².